The standard InChI is InChI=1S/C13H16Cl2N2/c1-11(10-5-3-2-4-6-10)7-8-13(16,17)12(14,15)9-11/h2-8H,9,16-17H2,1H3. The summed E-state index contributed by atoms with van der Waals surface area (Å²) in [6.07, 6.45) is 4.17. The minimum Gasteiger partial charge on any atom is -0.308 e. The summed E-state index contributed by atoms with van der Waals surface area (Å²) in [7, 11) is 0. The van der Waals surface area contributed by atoms with Gasteiger partial charge in [0.15, 0.2) is 4.33 Å². The minimum absolute atomic E-state index is 0.243. The SMILES string of the molecule is CC1(c2ccccc2)C=CC(N)(N)C(Cl)(Cl)C1. The number of halogens is 2. The number of hydrogen-bond donors (Lipinski definition) is 2. The van der Waals surface area contributed by atoms with Crippen LogP contribution in [0.1, 0.15) is 18.9 Å². The Morgan fingerprint density at radius 1 is 1.06 bits per heavy atom. The van der Waals surface area contributed by atoms with Gasteiger partial charge in [-0.15, -0.1) is 0 Å². The summed E-state index contributed by atoms with van der Waals surface area (Å²) in [4.78, 5) is 0. The van der Waals surface area contributed by atoms with Crippen LogP contribution in [-0.2, 0) is 5.41 Å². The fraction of sp³-hybridized carbons (Fsp3) is 0.385. The van der Waals surface area contributed by atoms with E-state index < -0.39 is 10.00 Å². The Balaban J connectivity index is 2.43. The molecule has 0 spiro atoms. The van der Waals surface area contributed by atoms with E-state index in [2.05, 4.69) is 6.92 Å². The third-order valence-corrected chi connectivity index (χ3v) is 4.30. The molecule has 0 aromatic heterocycles. The summed E-state index contributed by atoms with van der Waals surface area (Å²) in [6, 6.07) is 10.1. The summed E-state index contributed by atoms with van der Waals surface area (Å²) in [6.45, 7) is 2.08. The molecule has 0 aliphatic heterocycles. The molecule has 92 valence electrons. The van der Waals surface area contributed by atoms with Gasteiger partial charge in [0.05, 0.1) is 0 Å². The number of hydrogen-bond acceptors (Lipinski definition) is 2. The molecule has 1 atom stereocenters. The van der Waals surface area contributed by atoms with Gasteiger partial charge >= 0.3 is 0 Å². The first-order chi connectivity index (χ1) is 7.77. The molecule has 0 radical (unpaired) electrons. The molecule has 4 heteroatoms. The molecule has 4 N–H and O–H groups in total. The monoisotopic (exact) mass is 270 g/mol. The maximum Gasteiger partial charge on any atom is 0.153 e. The van der Waals surface area contributed by atoms with Crippen molar-refractivity contribution in [1.82, 2.24) is 0 Å². The van der Waals surface area contributed by atoms with Gasteiger partial charge in [0, 0.05) is 5.41 Å². The Kier molecular flexibility index (Phi) is 3.03. The largest absolute Gasteiger partial charge is 0.308 e. The molecule has 0 heterocycles. The second-order valence-corrected chi connectivity index (χ2v) is 6.41. The highest BCUT2D eigenvalue weighted by atomic mass is 35.5. The van der Waals surface area contributed by atoms with Gasteiger partial charge in [-0.1, -0.05) is 72.6 Å². The van der Waals surface area contributed by atoms with E-state index in [1.165, 1.54) is 0 Å². The zero-order valence-electron chi connectivity index (χ0n) is 9.66. The van der Waals surface area contributed by atoms with Gasteiger partial charge in [0.1, 0.15) is 5.66 Å². The van der Waals surface area contributed by atoms with Crippen LogP contribution in [0.15, 0.2) is 42.5 Å². The van der Waals surface area contributed by atoms with Crippen LogP contribution in [0.4, 0.5) is 0 Å². The van der Waals surface area contributed by atoms with Crippen LogP contribution in [0.2, 0.25) is 0 Å². The molecular weight excluding hydrogens is 255 g/mol. The highest BCUT2D eigenvalue weighted by Gasteiger charge is 2.49. The zero-order valence-corrected chi connectivity index (χ0v) is 11.2. The van der Waals surface area contributed by atoms with Gasteiger partial charge in [-0.05, 0) is 12.0 Å². The Morgan fingerprint density at radius 2 is 1.65 bits per heavy atom. The maximum absolute atomic E-state index is 6.26. The summed E-state index contributed by atoms with van der Waals surface area (Å²) in [5.41, 5.74) is 11.5. The van der Waals surface area contributed by atoms with Gasteiger partial charge in [0.2, 0.25) is 0 Å². The lowest BCUT2D eigenvalue weighted by Crippen LogP contribution is -2.63. The Labute approximate surface area is 112 Å². The van der Waals surface area contributed by atoms with Crippen LogP contribution >= 0.6 is 23.2 Å². The molecule has 17 heavy (non-hydrogen) atoms. The third kappa shape index (κ3) is 2.23. The van der Waals surface area contributed by atoms with Crippen molar-refractivity contribution in [2.45, 2.75) is 28.8 Å². The lowest BCUT2D eigenvalue weighted by atomic mass is 9.72. The van der Waals surface area contributed by atoms with Crippen molar-refractivity contribution in [3.8, 4) is 0 Å². The molecule has 0 fully saturated rings. The first-order valence-corrected chi connectivity index (χ1v) is 6.24. The Morgan fingerprint density at radius 3 is 2.18 bits per heavy atom. The zero-order chi connectivity index (χ0) is 12.7. The Bertz CT molecular complexity index is 440. The highest BCUT2D eigenvalue weighted by Crippen LogP contribution is 2.47. The van der Waals surface area contributed by atoms with E-state index in [1.54, 1.807) is 6.08 Å². The fourth-order valence-corrected chi connectivity index (χ4v) is 2.82. The van der Waals surface area contributed by atoms with Gasteiger partial charge in [0.25, 0.3) is 0 Å². The molecule has 2 nitrogen and oxygen atoms in total. The number of nitrogens with two attached hydrogens (primary N) is 2. The number of alkyl halides is 2. The highest BCUT2D eigenvalue weighted by molar-refractivity contribution is 6.49. The normalized spacial score (nSPS) is 30.2. The number of benzene rings is 1. The quantitative estimate of drug-likeness (QED) is 0.468. The molecule has 0 saturated heterocycles. The van der Waals surface area contributed by atoms with E-state index in [-0.39, 0.29) is 5.41 Å². The van der Waals surface area contributed by atoms with Crippen LogP contribution in [0.5, 0.6) is 0 Å². The van der Waals surface area contributed by atoms with Gasteiger partial charge in [-0.2, -0.15) is 0 Å². The molecular formula is C13H16Cl2N2. The molecule has 1 aromatic carbocycles. The predicted molar refractivity (Wildman–Crippen MR) is 73.1 cm³/mol. The predicted octanol–water partition coefficient (Wildman–Crippen LogP) is 2.69. The molecule has 2 rings (SSSR count). The molecule has 0 amide bonds. The molecule has 1 aliphatic carbocycles. The second-order valence-electron chi connectivity index (χ2n) is 4.93. The first-order valence-electron chi connectivity index (χ1n) is 5.48. The number of allylic oxidation sites excluding steroid dienone is 1. The van der Waals surface area contributed by atoms with E-state index in [0.29, 0.717) is 6.42 Å². The molecule has 1 aliphatic rings. The van der Waals surface area contributed by atoms with Crippen LogP contribution < -0.4 is 11.5 Å². The van der Waals surface area contributed by atoms with Crippen molar-refractivity contribution in [2.24, 2.45) is 11.5 Å². The van der Waals surface area contributed by atoms with Crippen molar-refractivity contribution in [2.75, 3.05) is 0 Å². The van der Waals surface area contributed by atoms with Crippen LogP contribution in [0.3, 0.4) is 0 Å². The summed E-state index contributed by atoms with van der Waals surface area (Å²) in [5, 5.41) is 0. The van der Waals surface area contributed by atoms with Crippen LogP contribution in [-0.4, -0.2) is 10.00 Å². The topological polar surface area (TPSA) is 52.0 Å². The Hall–Kier alpha value is -0.540. The summed E-state index contributed by atoms with van der Waals surface area (Å²) >= 11 is 12.5. The number of rotatable bonds is 1. The molecule has 0 bridgehead atoms. The van der Waals surface area contributed by atoms with E-state index >= 15 is 0 Å². The molecule has 1 aromatic rings. The van der Waals surface area contributed by atoms with Gasteiger partial charge < -0.3 is 11.5 Å². The van der Waals surface area contributed by atoms with Crippen LogP contribution in [0.25, 0.3) is 0 Å². The maximum atomic E-state index is 6.26. The average molecular weight is 271 g/mol. The smallest absolute Gasteiger partial charge is 0.153 e. The van der Waals surface area contributed by atoms with E-state index in [0.717, 1.165) is 5.56 Å². The lowest BCUT2D eigenvalue weighted by molar-refractivity contribution is 0.363. The third-order valence-electron chi connectivity index (χ3n) is 3.38. The molecule has 0 saturated carbocycles. The minimum atomic E-state index is -1.19. The summed E-state index contributed by atoms with van der Waals surface area (Å²) in [5.74, 6) is 0. The van der Waals surface area contributed by atoms with E-state index in [4.69, 9.17) is 34.7 Å². The lowest BCUT2D eigenvalue weighted by Gasteiger charge is -2.44. The summed E-state index contributed by atoms with van der Waals surface area (Å²) < 4.78 is -1.17. The van der Waals surface area contributed by atoms with Gasteiger partial charge in [-0.25, -0.2) is 0 Å². The second kappa shape index (κ2) is 3.99. The van der Waals surface area contributed by atoms with Crippen molar-refractivity contribution < 1.29 is 0 Å². The van der Waals surface area contributed by atoms with Crippen molar-refractivity contribution >= 4 is 23.2 Å². The molecule has 1 unspecified atom stereocenters. The van der Waals surface area contributed by atoms with E-state index in [9.17, 15) is 0 Å². The van der Waals surface area contributed by atoms with E-state index in [1.807, 2.05) is 36.4 Å². The first kappa shape index (κ1) is 12.9. The van der Waals surface area contributed by atoms with Crippen LogP contribution in [0, 0.1) is 0 Å². The fourth-order valence-electron chi connectivity index (χ4n) is 2.13. The van der Waals surface area contributed by atoms with Crippen molar-refractivity contribution in [3.63, 3.8) is 0 Å². The van der Waals surface area contributed by atoms with Crippen molar-refractivity contribution in [1.29, 1.82) is 0 Å². The average Bonchev–Trinajstić information content (AvgIpc) is 2.26. The van der Waals surface area contributed by atoms with Gasteiger partial charge in [-0.3, -0.25) is 0 Å². The van der Waals surface area contributed by atoms with Crippen molar-refractivity contribution in [3.05, 3.63) is 48.0 Å².